The number of hydrogen-bond acceptors (Lipinski definition) is 5. The molecule has 0 aliphatic carbocycles. The minimum Gasteiger partial charge on any atom is -0.393 e. The van der Waals surface area contributed by atoms with E-state index in [-0.39, 0.29) is 11.8 Å². The lowest BCUT2D eigenvalue weighted by Crippen LogP contribution is -2.35. The van der Waals surface area contributed by atoms with Crippen LogP contribution in [0.5, 0.6) is 0 Å². The largest absolute Gasteiger partial charge is 0.393 e. The summed E-state index contributed by atoms with van der Waals surface area (Å²) in [6, 6.07) is 0. The fourth-order valence-corrected chi connectivity index (χ4v) is 1.91. The molecule has 7 heteroatoms. The quantitative estimate of drug-likeness (QED) is 0.810. The van der Waals surface area contributed by atoms with Gasteiger partial charge in [0.25, 0.3) is 5.91 Å². The van der Waals surface area contributed by atoms with Gasteiger partial charge in [-0.3, -0.25) is 4.79 Å². The zero-order chi connectivity index (χ0) is 12.3. The third kappa shape index (κ3) is 2.96. The van der Waals surface area contributed by atoms with Crippen LogP contribution in [0.25, 0.3) is 0 Å². The molecule has 1 aromatic heterocycles. The number of aromatic nitrogens is 2. The van der Waals surface area contributed by atoms with Gasteiger partial charge in [0.15, 0.2) is 0 Å². The van der Waals surface area contributed by atoms with E-state index >= 15 is 0 Å². The molecule has 0 bridgehead atoms. The Kier molecular flexibility index (Phi) is 4.31. The molecule has 0 fully saturated rings. The SMILES string of the molecule is Cc1nnsc1C(=O)N(C)CC(C)C(N)=S. The Morgan fingerprint density at radius 2 is 2.31 bits per heavy atom. The molecule has 0 saturated heterocycles. The van der Waals surface area contributed by atoms with E-state index in [2.05, 4.69) is 9.59 Å². The van der Waals surface area contributed by atoms with Crippen molar-refractivity contribution in [3.8, 4) is 0 Å². The Balaban J connectivity index is 2.69. The number of thiocarbonyl (C=S) groups is 1. The molecule has 0 aromatic carbocycles. The summed E-state index contributed by atoms with van der Waals surface area (Å²) in [5.74, 6) is -0.0827. The highest BCUT2D eigenvalue weighted by molar-refractivity contribution is 7.80. The average Bonchev–Trinajstić information content (AvgIpc) is 2.62. The van der Waals surface area contributed by atoms with E-state index in [4.69, 9.17) is 18.0 Å². The van der Waals surface area contributed by atoms with Crippen LogP contribution in [0.3, 0.4) is 0 Å². The van der Waals surface area contributed by atoms with E-state index in [0.717, 1.165) is 11.5 Å². The number of nitrogens with zero attached hydrogens (tertiary/aromatic N) is 3. The van der Waals surface area contributed by atoms with Crippen molar-refractivity contribution in [2.24, 2.45) is 11.7 Å². The minimum atomic E-state index is -0.0874. The van der Waals surface area contributed by atoms with Gasteiger partial charge in [0.1, 0.15) is 4.88 Å². The topological polar surface area (TPSA) is 72.1 Å². The lowest BCUT2D eigenvalue weighted by Gasteiger charge is -2.20. The van der Waals surface area contributed by atoms with Crippen molar-refractivity contribution in [3.63, 3.8) is 0 Å². The average molecular weight is 258 g/mol. The summed E-state index contributed by atoms with van der Waals surface area (Å²) in [4.78, 5) is 14.5. The van der Waals surface area contributed by atoms with Crippen molar-refractivity contribution in [3.05, 3.63) is 10.6 Å². The number of hydrogen-bond donors (Lipinski definition) is 1. The van der Waals surface area contributed by atoms with Gasteiger partial charge in [-0.2, -0.15) is 0 Å². The summed E-state index contributed by atoms with van der Waals surface area (Å²) in [5.41, 5.74) is 6.16. The second-order valence-electron chi connectivity index (χ2n) is 3.68. The third-order valence-electron chi connectivity index (χ3n) is 2.23. The summed E-state index contributed by atoms with van der Waals surface area (Å²) < 4.78 is 3.73. The van der Waals surface area contributed by atoms with Gasteiger partial charge in [-0.25, -0.2) is 0 Å². The molecule has 1 amide bonds. The first-order valence-corrected chi connectivity index (χ1v) is 5.95. The van der Waals surface area contributed by atoms with Gasteiger partial charge in [0, 0.05) is 19.5 Å². The minimum absolute atomic E-state index is 0.00476. The maximum Gasteiger partial charge on any atom is 0.267 e. The predicted octanol–water partition coefficient (Wildman–Crippen LogP) is 0.841. The molecule has 0 saturated carbocycles. The Morgan fingerprint density at radius 3 is 2.75 bits per heavy atom. The first-order valence-electron chi connectivity index (χ1n) is 4.77. The van der Waals surface area contributed by atoms with Crippen molar-refractivity contribution < 1.29 is 4.79 Å². The molecule has 0 aliphatic heterocycles. The molecule has 1 rings (SSSR count). The summed E-state index contributed by atoms with van der Waals surface area (Å²) in [6.07, 6.45) is 0. The molecule has 0 spiro atoms. The van der Waals surface area contributed by atoms with E-state index in [1.54, 1.807) is 18.9 Å². The molecule has 0 aliphatic rings. The van der Waals surface area contributed by atoms with Crippen LogP contribution < -0.4 is 5.73 Å². The Hall–Kier alpha value is -1.08. The number of carbonyl (C=O) groups is 1. The van der Waals surface area contributed by atoms with E-state index in [1.807, 2.05) is 6.92 Å². The maximum absolute atomic E-state index is 12.0. The molecular formula is C9H14N4OS2. The Labute approximate surface area is 104 Å². The zero-order valence-corrected chi connectivity index (χ0v) is 11.1. The van der Waals surface area contributed by atoms with Gasteiger partial charge in [0.2, 0.25) is 0 Å². The summed E-state index contributed by atoms with van der Waals surface area (Å²) in [6.45, 7) is 4.16. The highest BCUT2D eigenvalue weighted by Crippen LogP contribution is 2.12. The molecule has 16 heavy (non-hydrogen) atoms. The molecule has 5 nitrogen and oxygen atoms in total. The second-order valence-corrected chi connectivity index (χ2v) is 4.90. The molecular weight excluding hydrogens is 244 g/mol. The Morgan fingerprint density at radius 1 is 1.69 bits per heavy atom. The number of rotatable bonds is 4. The van der Waals surface area contributed by atoms with Crippen LogP contribution in [-0.2, 0) is 0 Å². The van der Waals surface area contributed by atoms with E-state index in [1.165, 1.54) is 0 Å². The maximum atomic E-state index is 12.0. The number of carbonyl (C=O) groups excluding carboxylic acids is 1. The summed E-state index contributed by atoms with van der Waals surface area (Å²) in [7, 11) is 1.72. The summed E-state index contributed by atoms with van der Waals surface area (Å²) in [5, 5.41) is 3.80. The zero-order valence-electron chi connectivity index (χ0n) is 9.43. The van der Waals surface area contributed by atoms with Crippen LogP contribution in [0.2, 0.25) is 0 Å². The molecule has 0 radical (unpaired) electrons. The van der Waals surface area contributed by atoms with Crippen LogP contribution in [0.15, 0.2) is 0 Å². The second kappa shape index (κ2) is 5.31. The summed E-state index contributed by atoms with van der Waals surface area (Å²) >= 11 is 5.97. The van der Waals surface area contributed by atoms with Gasteiger partial charge in [-0.1, -0.05) is 23.6 Å². The van der Waals surface area contributed by atoms with Crippen molar-refractivity contribution in [2.45, 2.75) is 13.8 Å². The van der Waals surface area contributed by atoms with Gasteiger partial charge < -0.3 is 10.6 Å². The van der Waals surface area contributed by atoms with Crippen molar-refractivity contribution in [1.82, 2.24) is 14.5 Å². The first-order chi connectivity index (χ1) is 7.43. The molecule has 1 unspecified atom stereocenters. The fourth-order valence-electron chi connectivity index (χ4n) is 1.18. The lowest BCUT2D eigenvalue weighted by atomic mass is 10.1. The monoisotopic (exact) mass is 258 g/mol. The van der Waals surface area contributed by atoms with E-state index < -0.39 is 0 Å². The van der Waals surface area contributed by atoms with Gasteiger partial charge in [0.05, 0.1) is 10.7 Å². The van der Waals surface area contributed by atoms with Crippen LogP contribution in [0.1, 0.15) is 22.3 Å². The molecule has 1 atom stereocenters. The number of amides is 1. The Bertz CT molecular complexity index is 404. The number of nitrogens with two attached hydrogens (primary N) is 1. The predicted molar refractivity (Wildman–Crippen MR) is 67.6 cm³/mol. The van der Waals surface area contributed by atoms with E-state index in [9.17, 15) is 4.79 Å². The normalized spacial score (nSPS) is 12.2. The molecule has 2 N–H and O–H groups in total. The fraction of sp³-hybridized carbons (Fsp3) is 0.556. The van der Waals surface area contributed by atoms with Crippen LogP contribution in [0.4, 0.5) is 0 Å². The van der Waals surface area contributed by atoms with Crippen LogP contribution >= 0.6 is 23.8 Å². The number of aryl methyl sites for hydroxylation is 1. The van der Waals surface area contributed by atoms with Crippen molar-refractivity contribution >= 4 is 34.6 Å². The van der Waals surface area contributed by atoms with Gasteiger partial charge >= 0.3 is 0 Å². The van der Waals surface area contributed by atoms with Crippen molar-refractivity contribution in [2.75, 3.05) is 13.6 Å². The van der Waals surface area contributed by atoms with Gasteiger partial charge in [-0.05, 0) is 18.5 Å². The first kappa shape index (κ1) is 13.0. The molecule has 88 valence electrons. The van der Waals surface area contributed by atoms with Gasteiger partial charge in [-0.15, -0.1) is 5.10 Å². The third-order valence-corrected chi connectivity index (χ3v) is 3.44. The van der Waals surface area contributed by atoms with Crippen LogP contribution in [0, 0.1) is 12.8 Å². The van der Waals surface area contributed by atoms with E-state index in [0.29, 0.717) is 22.1 Å². The van der Waals surface area contributed by atoms with Crippen LogP contribution in [-0.4, -0.2) is 39.0 Å². The molecule has 1 aromatic rings. The smallest absolute Gasteiger partial charge is 0.267 e. The lowest BCUT2D eigenvalue weighted by molar-refractivity contribution is 0.0791. The standard InChI is InChI=1S/C9H14N4OS2/c1-5(8(10)15)4-13(3)9(14)7-6(2)11-12-16-7/h5H,4H2,1-3H3,(H2,10,15). The van der Waals surface area contributed by atoms with Crippen molar-refractivity contribution in [1.29, 1.82) is 0 Å². The highest BCUT2D eigenvalue weighted by atomic mass is 32.1. The highest BCUT2D eigenvalue weighted by Gasteiger charge is 2.19. The molecule has 1 heterocycles.